The molecule has 0 saturated carbocycles. The van der Waals surface area contributed by atoms with Crippen molar-refractivity contribution in [3.8, 4) is 0 Å². The van der Waals surface area contributed by atoms with Crippen molar-refractivity contribution < 1.29 is 0 Å². The van der Waals surface area contributed by atoms with Gasteiger partial charge < -0.3 is 5.73 Å². The zero-order valence-corrected chi connectivity index (χ0v) is 10.0. The van der Waals surface area contributed by atoms with Crippen molar-refractivity contribution in [2.75, 3.05) is 5.75 Å². The molecule has 1 aliphatic rings. The van der Waals surface area contributed by atoms with Gasteiger partial charge in [-0.2, -0.15) is 11.8 Å². The van der Waals surface area contributed by atoms with E-state index in [9.17, 15) is 0 Å². The van der Waals surface area contributed by atoms with Gasteiger partial charge in [0.25, 0.3) is 0 Å². The molecule has 14 heavy (non-hydrogen) atoms. The molecule has 2 nitrogen and oxygen atoms in total. The highest BCUT2D eigenvalue weighted by molar-refractivity contribution is 8.00. The Bertz CT molecular complexity index is 292. The van der Waals surface area contributed by atoms with E-state index in [2.05, 4.69) is 10.4 Å². The number of rotatable bonds is 3. The average molecular weight is 228 g/mol. The molecule has 1 aliphatic heterocycles. The van der Waals surface area contributed by atoms with E-state index in [1.54, 1.807) is 11.3 Å². The summed E-state index contributed by atoms with van der Waals surface area (Å²) in [7, 11) is 0. The average Bonchev–Trinajstić information content (AvgIpc) is 2.75. The van der Waals surface area contributed by atoms with E-state index in [0.29, 0.717) is 11.3 Å². The first kappa shape index (κ1) is 10.5. The van der Waals surface area contributed by atoms with Gasteiger partial charge in [0.15, 0.2) is 0 Å². The lowest BCUT2D eigenvalue weighted by atomic mass is 10.1. The van der Waals surface area contributed by atoms with Gasteiger partial charge in [-0.15, -0.1) is 11.3 Å². The van der Waals surface area contributed by atoms with Gasteiger partial charge in [0.2, 0.25) is 0 Å². The van der Waals surface area contributed by atoms with Crippen molar-refractivity contribution in [2.45, 2.75) is 37.5 Å². The van der Waals surface area contributed by atoms with Gasteiger partial charge in [-0.25, -0.2) is 4.98 Å². The van der Waals surface area contributed by atoms with Crippen LogP contribution in [-0.4, -0.2) is 22.0 Å². The molecule has 0 bridgehead atoms. The Balaban J connectivity index is 1.90. The van der Waals surface area contributed by atoms with Gasteiger partial charge in [0, 0.05) is 23.1 Å². The Morgan fingerprint density at radius 1 is 1.71 bits per heavy atom. The summed E-state index contributed by atoms with van der Waals surface area (Å²) in [6, 6.07) is 0.295. The van der Waals surface area contributed by atoms with Crippen LogP contribution in [0.1, 0.15) is 23.5 Å². The molecule has 0 spiro atoms. The minimum atomic E-state index is 0.295. The first-order valence-electron chi connectivity index (χ1n) is 5.04. The first-order valence-corrected chi connectivity index (χ1v) is 6.97. The van der Waals surface area contributed by atoms with Crippen molar-refractivity contribution in [1.29, 1.82) is 0 Å². The molecule has 2 N–H and O–H groups in total. The van der Waals surface area contributed by atoms with E-state index in [1.807, 2.05) is 18.7 Å². The standard InChI is InChI=1S/C10H16N2S2/c1-7-12-8(6-14-7)5-9(11)10-3-2-4-13-10/h6,9-10H,2-5,11H2,1H3. The third-order valence-electron chi connectivity index (χ3n) is 2.55. The van der Waals surface area contributed by atoms with Crippen molar-refractivity contribution in [1.82, 2.24) is 4.98 Å². The molecule has 1 aromatic rings. The monoisotopic (exact) mass is 228 g/mol. The van der Waals surface area contributed by atoms with Crippen LogP contribution < -0.4 is 5.73 Å². The minimum Gasteiger partial charge on any atom is -0.326 e. The number of thiazole rings is 1. The number of hydrogen-bond acceptors (Lipinski definition) is 4. The van der Waals surface area contributed by atoms with E-state index in [0.717, 1.165) is 11.4 Å². The molecule has 78 valence electrons. The molecular formula is C10H16N2S2. The molecule has 2 atom stereocenters. The van der Waals surface area contributed by atoms with E-state index in [4.69, 9.17) is 5.73 Å². The third-order valence-corrected chi connectivity index (χ3v) is 4.91. The van der Waals surface area contributed by atoms with Crippen molar-refractivity contribution in [3.05, 3.63) is 16.1 Å². The number of thioether (sulfide) groups is 1. The van der Waals surface area contributed by atoms with Crippen LogP contribution in [0.15, 0.2) is 5.38 Å². The van der Waals surface area contributed by atoms with Crippen molar-refractivity contribution in [3.63, 3.8) is 0 Å². The molecule has 4 heteroatoms. The van der Waals surface area contributed by atoms with Crippen LogP contribution in [0, 0.1) is 6.92 Å². The summed E-state index contributed by atoms with van der Waals surface area (Å²) in [6.45, 7) is 2.05. The topological polar surface area (TPSA) is 38.9 Å². The van der Waals surface area contributed by atoms with Gasteiger partial charge in [-0.05, 0) is 25.5 Å². The third kappa shape index (κ3) is 2.49. The second-order valence-electron chi connectivity index (χ2n) is 3.78. The Morgan fingerprint density at radius 3 is 3.14 bits per heavy atom. The highest BCUT2D eigenvalue weighted by Crippen LogP contribution is 2.29. The Morgan fingerprint density at radius 2 is 2.57 bits per heavy atom. The SMILES string of the molecule is Cc1nc(CC(N)C2CCCS2)cs1. The molecule has 0 amide bonds. The molecule has 0 aliphatic carbocycles. The number of aromatic nitrogens is 1. The van der Waals surface area contributed by atoms with Crippen LogP contribution in [0.3, 0.4) is 0 Å². The quantitative estimate of drug-likeness (QED) is 0.862. The highest BCUT2D eigenvalue weighted by Gasteiger charge is 2.23. The molecule has 0 aromatic carbocycles. The molecule has 2 rings (SSSR count). The number of hydrogen-bond donors (Lipinski definition) is 1. The van der Waals surface area contributed by atoms with Crippen LogP contribution in [0.5, 0.6) is 0 Å². The summed E-state index contributed by atoms with van der Waals surface area (Å²) in [4.78, 5) is 4.45. The van der Waals surface area contributed by atoms with E-state index < -0.39 is 0 Å². The normalized spacial score (nSPS) is 24.0. The van der Waals surface area contributed by atoms with Crippen molar-refractivity contribution in [2.24, 2.45) is 5.73 Å². The molecule has 0 radical (unpaired) electrons. The van der Waals surface area contributed by atoms with Gasteiger partial charge in [0.05, 0.1) is 10.7 Å². The predicted octanol–water partition coefficient (Wildman–Crippen LogP) is 2.22. The fourth-order valence-corrected chi connectivity index (χ4v) is 3.75. The van der Waals surface area contributed by atoms with Crippen LogP contribution in [0.4, 0.5) is 0 Å². The van der Waals surface area contributed by atoms with Gasteiger partial charge in [0.1, 0.15) is 0 Å². The van der Waals surface area contributed by atoms with Crippen LogP contribution in [-0.2, 0) is 6.42 Å². The summed E-state index contributed by atoms with van der Waals surface area (Å²) < 4.78 is 0. The van der Waals surface area contributed by atoms with Gasteiger partial charge >= 0.3 is 0 Å². The van der Waals surface area contributed by atoms with Crippen molar-refractivity contribution >= 4 is 23.1 Å². The maximum atomic E-state index is 6.16. The molecular weight excluding hydrogens is 212 g/mol. The van der Waals surface area contributed by atoms with Crippen LogP contribution in [0.2, 0.25) is 0 Å². The lowest BCUT2D eigenvalue weighted by Crippen LogP contribution is -2.33. The number of nitrogens with zero attached hydrogens (tertiary/aromatic N) is 1. The lowest BCUT2D eigenvalue weighted by Gasteiger charge is -2.16. The van der Waals surface area contributed by atoms with E-state index in [-0.39, 0.29) is 0 Å². The maximum absolute atomic E-state index is 6.16. The summed E-state index contributed by atoms with van der Waals surface area (Å²) in [5, 5.41) is 3.94. The summed E-state index contributed by atoms with van der Waals surface area (Å²) >= 11 is 3.74. The predicted molar refractivity (Wildman–Crippen MR) is 64.0 cm³/mol. The zero-order chi connectivity index (χ0) is 9.97. The first-order chi connectivity index (χ1) is 6.75. The van der Waals surface area contributed by atoms with Crippen LogP contribution >= 0.6 is 23.1 Å². The van der Waals surface area contributed by atoms with E-state index in [1.165, 1.54) is 24.3 Å². The second-order valence-corrected chi connectivity index (χ2v) is 6.19. The van der Waals surface area contributed by atoms with Crippen LogP contribution in [0.25, 0.3) is 0 Å². The second kappa shape index (κ2) is 4.64. The fraction of sp³-hybridized carbons (Fsp3) is 0.700. The Labute approximate surface area is 93.3 Å². The fourth-order valence-electron chi connectivity index (χ4n) is 1.82. The summed E-state index contributed by atoms with van der Waals surface area (Å²) in [6.07, 6.45) is 3.57. The van der Waals surface area contributed by atoms with E-state index >= 15 is 0 Å². The minimum absolute atomic E-state index is 0.295. The summed E-state index contributed by atoms with van der Waals surface area (Å²) in [5.74, 6) is 1.29. The van der Waals surface area contributed by atoms with Gasteiger partial charge in [-0.3, -0.25) is 0 Å². The Hall–Kier alpha value is -0.0600. The number of aryl methyl sites for hydroxylation is 1. The maximum Gasteiger partial charge on any atom is 0.0897 e. The zero-order valence-electron chi connectivity index (χ0n) is 8.40. The molecule has 1 saturated heterocycles. The smallest absolute Gasteiger partial charge is 0.0897 e. The molecule has 2 unspecified atom stereocenters. The largest absolute Gasteiger partial charge is 0.326 e. The molecule has 1 aromatic heterocycles. The summed E-state index contributed by atoms with van der Waals surface area (Å²) in [5.41, 5.74) is 7.34. The Kier molecular flexibility index (Phi) is 3.47. The van der Waals surface area contributed by atoms with Gasteiger partial charge in [-0.1, -0.05) is 0 Å². The number of nitrogens with two attached hydrogens (primary N) is 1. The molecule has 2 heterocycles. The molecule has 1 fully saturated rings. The lowest BCUT2D eigenvalue weighted by molar-refractivity contribution is 0.603. The highest BCUT2D eigenvalue weighted by atomic mass is 32.2.